The van der Waals surface area contributed by atoms with Crippen LogP contribution < -0.4 is 0 Å². The standard InChI is InChI=1S/C14H19N3O2/c1-2-3-7-17(8-9-18)14(19)12-6-4-5-11-10-15-16-13(11)12/h4-6,10,18H,2-3,7-9H2,1H3,(H,15,16). The van der Waals surface area contributed by atoms with Gasteiger partial charge < -0.3 is 10.0 Å². The number of aromatic amines is 1. The quantitative estimate of drug-likeness (QED) is 0.833. The molecule has 5 nitrogen and oxygen atoms in total. The van der Waals surface area contributed by atoms with E-state index in [4.69, 9.17) is 5.11 Å². The number of nitrogens with one attached hydrogen (secondary N) is 1. The number of unbranched alkanes of at least 4 members (excludes halogenated alkanes) is 1. The molecular formula is C14H19N3O2. The predicted octanol–water partition coefficient (Wildman–Crippen LogP) is 1.80. The van der Waals surface area contributed by atoms with Crippen molar-refractivity contribution in [3.8, 4) is 0 Å². The average molecular weight is 261 g/mol. The molecule has 1 aromatic carbocycles. The zero-order valence-electron chi connectivity index (χ0n) is 11.1. The number of aromatic nitrogens is 2. The number of para-hydroxylation sites is 1. The Morgan fingerprint density at radius 1 is 1.42 bits per heavy atom. The van der Waals surface area contributed by atoms with Crippen molar-refractivity contribution in [3.05, 3.63) is 30.0 Å². The summed E-state index contributed by atoms with van der Waals surface area (Å²) in [5.41, 5.74) is 1.37. The van der Waals surface area contributed by atoms with Crippen LogP contribution in [0.25, 0.3) is 10.9 Å². The molecule has 0 bridgehead atoms. The fraction of sp³-hybridized carbons (Fsp3) is 0.429. The van der Waals surface area contributed by atoms with E-state index in [1.54, 1.807) is 17.2 Å². The lowest BCUT2D eigenvalue weighted by atomic mass is 10.1. The van der Waals surface area contributed by atoms with Gasteiger partial charge in [-0.05, 0) is 12.5 Å². The lowest BCUT2D eigenvalue weighted by Crippen LogP contribution is -2.34. The molecule has 0 aliphatic heterocycles. The molecule has 0 fully saturated rings. The fourth-order valence-electron chi connectivity index (χ4n) is 2.10. The minimum atomic E-state index is -0.0580. The molecule has 102 valence electrons. The zero-order chi connectivity index (χ0) is 13.7. The molecule has 0 radical (unpaired) electrons. The van der Waals surface area contributed by atoms with E-state index in [-0.39, 0.29) is 12.5 Å². The molecule has 0 aliphatic rings. The molecule has 1 aromatic heterocycles. The third kappa shape index (κ3) is 2.93. The second-order valence-corrected chi connectivity index (χ2v) is 4.51. The van der Waals surface area contributed by atoms with Crippen LogP contribution in [-0.4, -0.2) is 45.8 Å². The van der Waals surface area contributed by atoms with E-state index in [1.807, 2.05) is 12.1 Å². The minimum Gasteiger partial charge on any atom is -0.395 e. The molecule has 5 heteroatoms. The average Bonchev–Trinajstić information content (AvgIpc) is 2.91. The zero-order valence-corrected chi connectivity index (χ0v) is 11.1. The lowest BCUT2D eigenvalue weighted by Gasteiger charge is -2.21. The summed E-state index contributed by atoms with van der Waals surface area (Å²) in [5.74, 6) is -0.0580. The lowest BCUT2D eigenvalue weighted by molar-refractivity contribution is 0.0721. The highest BCUT2D eigenvalue weighted by molar-refractivity contribution is 6.05. The molecule has 0 spiro atoms. The first kappa shape index (κ1) is 13.5. The fourth-order valence-corrected chi connectivity index (χ4v) is 2.10. The number of fused-ring (bicyclic) bond motifs is 1. The normalized spacial score (nSPS) is 10.8. The summed E-state index contributed by atoms with van der Waals surface area (Å²) in [6, 6.07) is 5.55. The number of rotatable bonds is 6. The van der Waals surface area contributed by atoms with Crippen molar-refractivity contribution < 1.29 is 9.90 Å². The number of H-pyrrole nitrogens is 1. The van der Waals surface area contributed by atoms with Gasteiger partial charge in [-0.2, -0.15) is 5.10 Å². The number of aliphatic hydroxyl groups excluding tert-OH is 1. The molecule has 0 saturated heterocycles. The van der Waals surface area contributed by atoms with Crippen molar-refractivity contribution in [2.45, 2.75) is 19.8 Å². The molecule has 2 aromatic rings. The Kier molecular flexibility index (Phi) is 4.52. The van der Waals surface area contributed by atoms with Gasteiger partial charge in [-0.15, -0.1) is 0 Å². The highest BCUT2D eigenvalue weighted by atomic mass is 16.3. The van der Waals surface area contributed by atoms with Gasteiger partial charge in [-0.3, -0.25) is 9.89 Å². The summed E-state index contributed by atoms with van der Waals surface area (Å²) in [4.78, 5) is 14.2. The Bertz CT molecular complexity index is 550. The van der Waals surface area contributed by atoms with Gasteiger partial charge in [-0.1, -0.05) is 25.5 Å². The number of nitrogens with zero attached hydrogens (tertiary/aromatic N) is 2. The number of carbonyl (C=O) groups excluding carboxylic acids is 1. The molecule has 0 saturated carbocycles. The van der Waals surface area contributed by atoms with E-state index < -0.39 is 0 Å². The first-order valence-electron chi connectivity index (χ1n) is 6.60. The monoisotopic (exact) mass is 261 g/mol. The Morgan fingerprint density at radius 3 is 3.00 bits per heavy atom. The van der Waals surface area contributed by atoms with Crippen LogP contribution in [0.2, 0.25) is 0 Å². The van der Waals surface area contributed by atoms with Crippen LogP contribution in [0.15, 0.2) is 24.4 Å². The summed E-state index contributed by atoms with van der Waals surface area (Å²) in [7, 11) is 0. The Hall–Kier alpha value is -1.88. The number of hydrogen-bond acceptors (Lipinski definition) is 3. The van der Waals surface area contributed by atoms with Gasteiger partial charge in [0.1, 0.15) is 0 Å². The number of aliphatic hydroxyl groups is 1. The Morgan fingerprint density at radius 2 is 2.26 bits per heavy atom. The van der Waals surface area contributed by atoms with Gasteiger partial charge >= 0.3 is 0 Å². The third-order valence-corrected chi connectivity index (χ3v) is 3.15. The van der Waals surface area contributed by atoms with Gasteiger partial charge in [0.2, 0.25) is 0 Å². The maximum absolute atomic E-state index is 12.5. The SMILES string of the molecule is CCCCN(CCO)C(=O)c1cccc2cn[nH]c12. The van der Waals surface area contributed by atoms with Crippen molar-refractivity contribution in [3.63, 3.8) is 0 Å². The summed E-state index contributed by atoms with van der Waals surface area (Å²) in [6.07, 6.45) is 3.66. The number of carbonyl (C=O) groups is 1. The summed E-state index contributed by atoms with van der Waals surface area (Å²) in [6.45, 7) is 3.09. The number of benzene rings is 1. The topological polar surface area (TPSA) is 69.2 Å². The summed E-state index contributed by atoms with van der Waals surface area (Å²) in [5, 5.41) is 16.8. The van der Waals surface area contributed by atoms with Crippen molar-refractivity contribution >= 4 is 16.8 Å². The van der Waals surface area contributed by atoms with Crippen LogP contribution >= 0.6 is 0 Å². The van der Waals surface area contributed by atoms with Crippen LogP contribution in [-0.2, 0) is 0 Å². The second-order valence-electron chi connectivity index (χ2n) is 4.51. The van der Waals surface area contributed by atoms with E-state index in [9.17, 15) is 4.79 Å². The van der Waals surface area contributed by atoms with Crippen molar-refractivity contribution in [1.82, 2.24) is 15.1 Å². The molecule has 0 aliphatic carbocycles. The van der Waals surface area contributed by atoms with Crippen LogP contribution in [0, 0.1) is 0 Å². The molecular weight excluding hydrogens is 242 g/mol. The van der Waals surface area contributed by atoms with Gasteiger partial charge in [0, 0.05) is 18.5 Å². The first-order chi connectivity index (χ1) is 9.27. The van der Waals surface area contributed by atoms with E-state index in [1.165, 1.54) is 0 Å². The van der Waals surface area contributed by atoms with Crippen molar-refractivity contribution in [2.24, 2.45) is 0 Å². The van der Waals surface area contributed by atoms with Gasteiger partial charge in [0.25, 0.3) is 5.91 Å². The summed E-state index contributed by atoms with van der Waals surface area (Å²) < 4.78 is 0. The van der Waals surface area contributed by atoms with Crippen LogP contribution in [0.5, 0.6) is 0 Å². The van der Waals surface area contributed by atoms with Crippen LogP contribution in [0.1, 0.15) is 30.1 Å². The molecule has 0 atom stereocenters. The highest BCUT2D eigenvalue weighted by Crippen LogP contribution is 2.17. The van der Waals surface area contributed by atoms with Crippen molar-refractivity contribution in [1.29, 1.82) is 0 Å². The van der Waals surface area contributed by atoms with Crippen LogP contribution in [0.3, 0.4) is 0 Å². The molecule has 1 heterocycles. The molecule has 1 amide bonds. The van der Waals surface area contributed by atoms with E-state index in [2.05, 4.69) is 17.1 Å². The van der Waals surface area contributed by atoms with E-state index in [0.717, 1.165) is 23.7 Å². The third-order valence-electron chi connectivity index (χ3n) is 3.15. The van der Waals surface area contributed by atoms with E-state index >= 15 is 0 Å². The number of amides is 1. The largest absolute Gasteiger partial charge is 0.395 e. The number of hydrogen-bond donors (Lipinski definition) is 2. The Labute approximate surface area is 112 Å². The maximum Gasteiger partial charge on any atom is 0.256 e. The van der Waals surface area contributed by atoms with Gasteiger partial charge in [-0.25, -0.2) is 0 Å². The van der Waals surface area contributed by atoms with Crippen LogP contribution in [0.4, 0.5) is 0 Å². The maximum atomic E-state index is 12.5. The summed E-state index contributed by atoms with van der Waals surface area (Å²) >= 11 is 0. The molecule has 2 rings (SSSR count). The smallest absolute Gasteiger partial charge is 0.256 e. The molecule has 0 unspecified atom stereocenters. The van der Waals surface area contributed by atoms with Gasteiger partial charge in [0.15, 0.2) is 0 Å². The first-order valence-corrected chi connectivity index (χ1v) is 6.60. The Balaban J connectivity index is 2.27. The highest BCUT2D eigenvalue weighted by Gasteiger charge is 2.17. The van der Waals surface area contributed by atoms with Crippen molar-refractivity contribution in [2.75, 3.05) is 19.7 Å². The van der Waals surface area contributed by atoms with E-state index in [0.29, 0.717) is 18.7 Å². The molecule has 19 heavy (non-hydrogen) atoms. The second kappa shape index (κ2) is 6.33. The van der Waals surface area contributed by atoms with Gasteiger partial charge in [0.05, 0.1) is 23.9 Å². The predicted molar refractivity (Wildman–Crippen MR) is 74.0 cm³/mol. The minimum absolute atomic E-state index is 0.0194. The molecule has 2 N–H and O–H groups in total.